The van der Waals surface area contributed by atoms with Crippen LogP contribution in [0.1, 0.15) is 15.9 Å². The number of sulfonamides is 1. The van der Waals surface area contributed by atoms with Crippen molar-refractivity contribution in [2.24, 2.45) is 5.73 Å². The average molecular weight is 335 g/mol. The Balaban J connectivity index is 2.40. The Morgan fingerprint density at radius 1 is 1.17 bits per heavy atom. The minimum atomic E-state index is -3.89. The standard InChI is InChI=1S/C14H13N3O5S/c1-9-2-5-11(6-3-9)23(21,22)16-10-4-7-12(14(15)18)13(8-10)17(19)20/h2-8,16H,1H3,(H2,15,18). The second-order valence-corrected chi connectivity index (χ2v) is 6.45. The zero-order valence-electron chi connectivity index (χ0n) is 12.0. The van der Waals surface area contributed by atoms with E-state index >= 15 is 0 Å². The zero-order valence-corrected chi connectivity index (χ0v) is 12.8. The SMILES string of the molecule is Cc1ccc(S(=O)(=O)Nc2ccc(C(N)=O)c([N+](=O)[O-])c2)cc1. The fourth-order valence-electron chi connectivity index (χ4n) is 1.89. The summed E-state index contributed by atoms with van der Waals surface area (Å²) in [6.07, 6.45) is 0. The lowest BCUT2D eigenvalue weighted by Crippen LogP contribution is -2.15. The van der Waals surface area contributed by atoms with E-state index in [0.29, 0.717) is 0 Å². The summed E-state index contributed by atoms with van der Waals surface area (Å²) in [5.41, 5.74) is 5.04. The van der Waals surface area contributed by atoms with Gasteiger partial charge in [-0.15, -0.1) is 0 Å². The number of carbonyl (C=O) groups excluding carboxylic acids is 1. The summed E-state index contributed by atoms with van der Waals surface area (Å²) in [6, 6.07) is 9.40. The number of nitrogens with one attached hydrogen (secondary N) is 1. The van der Waals surface area contributed by atoms with Gasteiger partial charge in [0.1, 0.15) is 5.56 Å². The van der Waals surface area contributed by atoms with Crippen LogP contribution in [0.4, 0.5) is 11.4 Å². The molecule has 120 valence electrons. The molecule has 8 nitrogen and oxygen atoms in total. The molecule has 0 heterocycles. The first-order valence-electron chi connectivity index (χ1n) is 6.38. The largest absolute Gasteiger partial charge is 0.365 e. The molecule has 23 heavy (non-hydrogen) atoms. The quantitative estimate of drug-likeness (QED) is 0.635. The number of nitrogens with zero attached hydrogens (tertiary/aromatic N) is 1. The molecule has 0 aliphatic heterocycles. The first kappa shape index (κ1) is 16.4. The fourth-order valence-corrected chi connectivity index (χ4v) is 2.94. The molecular weight excluding hydrogens is 322 g/mol. The van der Waals surface area contributed by atoms with Gasteiger partial charge in [0.15, 0.2) is 0 Å². The number of nitro groups is 1. The topological polar surface area (TPSA) is 132 Å². The van der Waals surface area contributed by atoms with E-state index in [4.69, 9.17) is 5.73 Å². The lowest BCUT2D eigenvalue weighted by molar-refractivity contribution is -0.385. The predicted octanol–water partition coefficient (Wildman–Crippen LogP) is 1.80. The lowest BCUT2D eigenvalue weighted by Gasteiger charge is -2.09. The molecular formula is C14H13N3O5S. The lowest BCUT2D eigenvalue weighted by atomic mass is 10.1. The number of nitrogens with two attached hydrogens (primary N) is 1. The summed E-state index contributed by atoms with van der Waals surface area (Å²) in [7, 11) is -3.89. The monoisotopic (exact) mass is 335 g/mol. The molecule has 0 atom stereocenters. The molecule has 0 saturated heterocycles. The fraction of sp³-hybridized carbons (Fsp3) is 0.0714. The smallest absolute Gasteiger partial charge is 0.284 e. The van der Waals surface area contributed by atoms with E-state index in [1.807, 2.05) is 6.92 Å². The summed E-state index contributed by atoms with van der Waals surface area (Å²) in [6.45, 7) is 1.82. The molecule has 0 bridgehead atoms. The molecule has 2 aromatic rings. The molecule has 0 radical (unpaired) electrons. The van der Waals surface area contributed by atoms with Crippen LogP contribution < -0.4 is 10.5 Å². The molecule has 0 aliphatic rings. The molecule has 2 rings (SSSR count). The van der Waals surface area contributed by atoms with Gasteiger partial charge >= 0.3 is 0 Å². The van der Waals surface area contributed by atoms with Crippen LogP contribution in [0.3, 0.4) is 0 Å². The van der Waals surface area contributed by atoms with E-state index in [1.54, 1.807) is 12.1 Å². The van der Waals surface area contributed by atoms with Crippen molar-refractivity contribution in [3.63, 3.8) is 0 Å². The number of nitro benzene ring substituents is 1. The third-order valence-electron chi connectivity index (χ3n) is 3.04. The minimum Gasteiger partial charge on any atom is -0.365 e. The van der Waals surface area contributed by atoms with Gasteiger partial charge in [-0.25, -0.2) is 8.42 Å². The van der Waals surface area contributed by atoms with E-state index in [9.17, 15) is 23.3 Å². The van der Waals surface area contributed by atoms with Gasteiger partial charge in [0.25, 0.3) is 21.6 Å². The average Bonchev–Trinajstić information content (AvgIpc) is 2.46. The second-order valence-electron chi connectivity index (χ2n) is 4.77. The molecule has 0 aromatic heterocycles. The number of aryl methyl sites for hydroxylation is 1. The molecule has 0 fully saturated rings. The third-order valence-corrected chi connectivity index (χ3v) is 4.44. The highest BCUT2D eigenvalue weighted by Gasteiger charge is 2.21. The first-order valence-corrected chi connectivity index (χ1v) is 7.87. The van der Waals surface area contributed by atoms with Crippen molar-refractivity contribution in [3.05, 3.63) is 63.7 Å². The normalized spacial score (nSPS) is 11.0. The molecule has 0 unspecified atom stereocenters. The maximum atomic E-state index is 12.2. The van der Waals surface area contributed by atoms with Crippen LogP contribution in [0.15, 0.2) is 47.4 Å². The van der Waals surface area contributed by atoms with Crippen molar-refractivity contribution in [2.75, 3.05) is 4.72 Å². The molecule has 3 N–H and O–H groups in total. The summed E-state index contributed by atoms with van der Waals surface area (Å²) >= 11 is 0. The molecule has 9 heteroatoms. The van der Waals surface area contributed by atoms with E-state index in [1.165, 1.54) is 18.2 Å². The van der Waals surface area contributed by atoms with Gasteiger partial charge < -0.3 is 5.73 Å². The predicted molar refractivity (Wildman–Crippen MR) is 83.6 cm³/mol. The number of rotatable bonds is 5. The molecule has 0 saturated carbocycles. The van der Waals surface area contributed by atoms with Gasteiger partial charge in [-0.05, 0) is 31.2 Å². The number of hydrogen-bond donors (Lipinski definition) is 2. The summed E-state index contributed by atoms with van der Waals surface area (Å²) < 4.78 is 26.7. The minimum absolute atomic E-state index is 0.0183. The number of benzene rings is 2. The van der Waals surface area contributed by atoms with Crippen LogP contribution in [0.2, 0.25) is 0 Å². The Morgan fingerprint density at radius 3 is 2.30 bits per heavy atom. The summed E-state index contributed by atoms with van der Waals surface area (Å²) in [4.78, 5) is 21.3. The maximum absolute atomic E-state index is 12.2. The molecule has 2 aromatic carbocycles. The van der Waals surface area contributed by atoms with Crippen LogP contribution in [-0.2, 0) is 10.0 Å². The van der Waals surface area contributed by atoms with Crippen molar-refractivity contribution in [3.8, 4) is 0 Å². The van der Waals surface area contributed by atoms with Crippen LogP contribution in [-0.4, -0.2) is 19.2 Å². The van der Waals surface area contributed by atoms with Crippen LogP contribution in [0.5, 0.6) is 0 Å². The summed E-state index contributed by atoms with van der Waals surface area (Å²) in [5.74, 6) is -0.968. The molecule has 1 amide bonds. The van der Waals surface area contributed by atoms with Gasteiger partial charge in [-0.2, -0.15) is 0 Å². The van der Waals surface area contributed by atoms with Gasteiger partial charge in [-0.3, -0.25) is 19.6 Å². The van der Waals surface area contributed by atoms with Crippen molar-refractivity contribution in [2.45, 2.75) is 11.8 Å². The van der Waals surface area contributed by atoms with Crippen molar-refractivity contribution >= 4 is 27.3 Å². The Hall–Kier alpha value is -2.94. The van der Waals surface area contributed by atoms with E-state index < -0.39 is 26.5 Å². The number of anilines is 1. The molecule has 0 spiro atoms. The highest BCUT2D eigenvalue weighted by Crippen LogP contribution is 2.25. The van der Waals surface area contributed by atoms with E-state index in [0.717, 1.165) is 17.7 Å². The number of primary amides is 1. The maximum Gasteiger partial charge on any atom is 0.284 e. The number of carbonyl (C=O) groups is 1. The van der Waals surface area contributed by atoms with Crippen molar-refractivity contribution in [1.82, 2.24) is 0 Å². The van der Waals surface area contributed by atoms with Gasteiger partial charge in [0.05, 0.1) is 15.5 Å². The van der Waals surface area contributed by atoms with Gasteiger partial charge in [0.2, 0.25) is 0 Å². The van der Waals surface area contributed by atoms with Gasteiger partial charge in [0, 0.05) is 6.07 Å². The van der Waals surface area contributed by atoms with Crippen molar-refractivity contribution < 1.29 is 18.1 Å². The van der Waals surface area contributed by atoms with Crippen LogP contribution in [0, 0.1) is 17.0 Å². The number of hydrogen-bond acceptors (Lipinski definition) is 5. The van der Waals surface area contributed by atoms with E-state index in [-0.39, 0.29) is 16.1 Å². The van der Waals surface area contributed by atoms with Crippen molar-refractivity contribution in [1.29, 1.82) is 0 Å². The Bertz CT molecular complexity index is 876. The Labute approximate surface area is 132 Å². The second kappa shape index (κ2) is 6.05. The highest BCUT2D eigenvalue weighted by molar-refractivity contribution is 7.92. The zero-order chi connectivity index (χ0) is 17.2. The Morgan fingerprint density at radius 2 is 1.78 bits per heavy atom. The van der Waals surface area contributed by atoms with Crippen LogP contribution >= 0.6 is 0 Å². The Kier molecular flexibility index (Phi) is 4.32. The summed E-state index contributed by atoms with van der Waals surface area (Å²) in [5, 5.41) is 11.0. The molecule has 0 aliphatic carbocycles. The van der Waals surface area contributed by atoms with E-state index in [2.05, 4.69) is 4.72 Å². The van der Waals surface area contributed by atoms with Gasteiger partial charge in [-0.1, -0.05) is 17.7 Å². The number of amides is 1. The van der Waals surface area contributed by atoms with Crippen LogP contribution in [0.25, 0.3) is 0 Å². The highest BCUT2D eigenvalue weighted by atomic mass is 32.2. The third kappa shape index (κ3) is 3.64. The first-order chi connectivity index (χ1) is 10.7.